The van der Waals surface area contributed by atoms with Crippen LogP contribution < -0.4 is 0 Å². The highest BCUT2D eigenvalue weighted by Gasteiger charge is 1.82. The van der Waals surface area contributed by atoms with E-state index in [1.54, 1.807) is 0 Å². The molecular weight excluding hydrogens is 146 g/mol. The van der Waals surface area contributed by atoms with E-state index in [4.69, 9.17) is 0 Å². The molecule has 1 nitrogen and oxygen atoms in total. The fraction of sp³-hybridized carbons (Fsp3) is 0.727. The van der Waals surface area contributed by atoms with Gasteiger partial charge in [0.1, 0.15) is 0 Å². The van der Waals surface area contributed by atoms with Crippen LogP contribution in [0.5, 0.6) is 0 Å². The van der Waals surface area contributed by atoms with Crippen LogP contribution in [-0.2, 0) is 0 Å². The summed E-state index contributed by atoms with van der Waals surface area (Å²) in [5.74, 6) is 0.560. The Morgan fingerprint density at radius 2 is 2.00 bits per heavy atom. The maximum atomic E-state index is 4.16. The summed E-state index contributed by atoms with van der Waals surface area (Å²) >= 11 is 0. The van der Waals surface area contributed by atoms with Gasteiger partial charge in [-0.2, -0.15) is 0 Å². The van der Waals surface area contributed by atoms with E-state index >= 15 is 0 Å². The molecule has 0 atom stereocenters. The quantitative estimate of drug-likeness (QED) is 0.421. The Kier molecular flexibility index (Phi) is 8.09. The first-order valence-corrected chi connectivity index (χ1v) is 4.95. The summed E-state index contributed by atoms with van der Waals surface area (Å²) < 4.78 is 0. The van der Waals surface area contributed by atoms with Gasteiger partial charge >= 0.3 is 0 Å². The summed E-state index contributed by atoms with van der Waals surface area (Å²) in [5, 5.41) is 0. The number of allylic oxidation sites excluding steroid dienone is 1. The van der Waals surface area contributed by atoms with Crippen LogP contribution in [0.4, 0.5) is 0 Å². The SMILES string of the molecule is CCCCCC=CN=CC(C)C. The topological polar surface area (TPSA) is 12.4 Å². The van der Waals surface area contributed by atoms with Crippen LogP contribution in [0.3, 0.4) is 0 Å². The molecule has 0 aliphatic heterocycles. The Hall–Kier alpha value is -0.590. The highest BCUT2D eigenvalue weighted by Crippen LogP contribution is 1.99. The molecule has 1 heteroatoms. The maximum absolute atomic E-state index is 4.16. The molecule has 0 rings (SSSR count). The highest BCUT2D eigenvalue weighted by atomic mass is 14.7. The van der Waals surface area contributed by atoms with Crippen molar-refractivity contribution in [2.24, 2.45) is 10.9 Å². The summed E-state index contributed by atoms with van der Waals surface area (Å²) in [6, 6.07) is 0. The number of nitrogens with zero attached hydrogens (tertiary/aromatic N) is 1. The van der Waals surface area contributed by atoms with Gasteiger partial charge in [-0.3, -0.25) is 4.99 Å². The summed E-state index contributed by atoms with van der Waals surface area (Å²) in [7, 11) is 0. The molecule has 0 aromatic carbocycles. The fourth-order valence-electron chi connectivity index (χ4n) is 0.869. The van der Waals surface area contributed by atoms with Crippen molar-refractivity contribution in [3.8, 4) is 0 Å². The van der Waals surface area contributed by atoms with Gasteiger partial charge in [0.2, 0.25) is 0 Å². The van der Waals surface area contributed by atoms with E-state index in [1.165, 1.54) is 25.7 Å². The molecule has 12 heavy (non-hydrogen) atoms. The molecule has 0 saturated carbocycles. The van der Waals surface area contributed by atoms with Crippen molar-refractivity contribution in [2.75, 3.05) is 0 Å². The molecule has 0 aromatic heterocycles. The van der Waals surface area contributed by atoms with Gasteiger partial charge in [0.25, 0.3) is 0 Å². The van der Waals surface area contributed by atoms with Crippen molar-refractivity contribution in [3.05, 3.63) is 12.3 Å². The molecule has 70 valence electrons. The van der Waals surface area contributed by atoms with Crippen LogP contribution in [0.15, 0.2) is 17.3 Å². The monoisotopic (exact) mass is 167 g/mol. The molecule has 0 heterocycles. The molecule has 0 aromatic rings. The van der Waals surface area contributed by atoms with Crippen LogP contribution in [-0.4, -0.2) is 6.21 Å². The van der Waals surface area contributed by atoms with Crippen molar-refractivity contribution in [1.82, 2.24) is 0 Å². The van der Waals surface area contributed by atoms with Gasteiger partial charge in [0.15, 0.2) is 0 Å². The van der Waals surface area contributed by atoms with Crippen LogP contribution in [0.2, 0.25) is 0 Å². The van der Waals surface area contributed by atoms with Crippen LogP contribution in [0.25, 0.3) is 0 Å². The van der Waals surface area contributed by atoms with E-state index < -0.39 is 0 Å². The Bertz CT molecular complexity index is 134. The van der Waals surface area contributed by atoms with Gasteiger partial charge in [-0.15, -0.1) is 0 Å². The van der Waals surface area contributed by atoms with E-state index in [0.29, 0.717) is 5.92 Å². The first-order chi connectivity index (χ1) is 5.77. The van der Waals surface area contributed by atoms with Gasteiger partial charge in [-0.25, -0.2) is 0 Å². The number of unbranched alkanes of at least 4 members (excludes halogenated alkanes) is 3. The summed E-state index contributed by atoms with van der Waals surface area (Å²) in [4.78, 5) is 4.16. The number of rotatable bonds is 6. The molecule has 0 fully saturated rings. The van der Waals surface area contributed by atoms with E-state index in [1.807, 2.05) is 12.4 Å². The van der Waals surface area contributed by atoms with Crippen molar-refractivity contribution in [3.63, 3.8) is 0 Å². The minimum atomic E-state index is 0.560. The lowest BCUT2D eigenvalue weighted by molar-refractivity contribution is 0.728. The average Bonchev–Trinajstić information content (AvgIpc) is 2.02. The first-order valence-electron chi connectivity index (χ1n) is 4.95. The van der Waals surface area contributed by atoms with Gasteiger partial charge in [-0.05, 0) is 18.8 Å². The summed E-state index contributed by atoms with van der Waals surface area (Å²) in [6.45, 7) is 6.49. The third-order valence-corrected chi connectivity index (χ3v) is 1.55. The summed E-state index contributed by atoms with van der Waals surface area (Å²) in [6.07, 6.45) is 11.1. The molecule has 0 unspecified atom stereocenters. The normalized spacial score (nSPS) is 12.3. The van der Waals surface area contributed by atoms with Crippen LogP contribution in [0.1, 0.15) is 46.5 Å². The second-order valence-electron chi connectivity index (χ2n) is 3.42. The van der Waals surface area contributed by atoms with Gasteiger partial charge < -0.3 is 0 Å². The predicted octanol–water partition coefficient (Wildman–Crippen LogP) is 3.81. The number of hydrogen-bond acceptors (Lipinski definition) is 1. The Morgan fingerprint density at radius 1 is 1.25 bits per heavy atom. The van der Waals surface area contributed by atoms with E-state index in [9.17, 15) is 0 Å². The maximum Gasteiger partial charge on any atom is 0.0224 e. The van der Waals surface area contributed by atoms with Gasteiger partial charge in [0.05, 0.1) is 0 Å². The van der Waals surface area contributed by atoms with Gasteiger partial charge in [0, 0.05) is 12.4 Å². The van der Waals surface area contributed by atoms with E-state index in [2.05, 4.69) is 31.8 Å². The molecule has 0 bridgehead atoms. The lowest BCUT2D eigenvalue weighted by Gasteiger charge is -1.91. The molecule has 0 aliphatic carbocycles. The minimum absolute atomic E-state index is 0.560. The van der Waals surface area contributed by atoms with Gasteiger partial charge in [-0.1, -0.05) is 39.7 Å². The number of aliphatic imine (C=N–C) groups is 1. The molecule has 0 amide bonds. The molecule has 0 spiro atoms. The zero-order chi connectivity index (χ0) is 9.23. The van der Waals surface area contributed by atoms with E-state index in [0.717, 1.165) is 0 Å². The minimum Gasteiger partial charge on any atom is -0.269 e. The zero-order valence-corrected chi connectivity index (χ0v) is 8.59. The van der Waals surface area contributed by atoms with Crippen molar-refractivity contribution in [1.29, 1.82) is 0 Å². The largest absolute Gasteiger partial charge is 0.269 e. The van der Waals surface area contributed by atoms with Crippen molar-refractivity contribution in [2.45, 2.75) is 46.5 Å². The zero-order valence-electron chi connectivity index (χ0n) is 8.59. The Balaban J connectivity index is 3.25. The van der Waals surface area contributed by atoms with Crippen molar-refractivity contribution >= 4 is 6.21 Å². The second-order valence-corrected chi connectivity index (χ2v) is 3.42. The third kappa shape index (κ3) is 9.41. The number of hydrogen-bond donors (Lipinski definition) is 0. The molecular formula is C11H21N. The van der Waals surface area contributed by atoms with Crippen LogP contribution >= 0.6 is 0 Å². The average molecular weight is 167 g/mol. The smallest absolute Gasteiger partial charge is 0.0224 e. The first kappa shape index (κ1) is 11.4. The highest BCUT2D eigenvalue weighted by molar-refractivity contribution is 5.60. The molecule has 0 saturated heterocycles. The lowest BCUT2D eigenvalue weighted by atomic mass is 10.2. The second kappa shape index (κ2) is 8.51. The van der Waals surface area contributed by atoms with Crippen molar-refractivity contribution < 1.29 is 0 Å². The Morgan fingerprint density at radius 3 is 2.58 bits per heavy atom. The molecule has 0 aliphatic rings. The van der Waals surface area contributed by atoms with E-state index in [-0.39, 0.29) is 0 Å². The predicted molar refractivity (Wildman–Crippen MR) is 56.6 cm³/mol. The summed E-state index contributed by atoms with van der Waals surface area (Å²) in [5.41, 5.74) is 0. The fourth-order valence-corrected chi connectivity index (χ4v) is 0.869. The standard InChI is InChI=1S/C11H21N/c1-4-5-6-7-8-9-12-10-11(2)3/h8-11H,4-7H2,1-3H3. The molecule has 0 radical (unpaired) electrons. The Labute approximate surface area is 76.6 Å². The lowest BCUT2D eigenvalue weighted by Crippen LogP contribution is -1.84. The van der Waals surface area contributed by atoms with Crippen LogP contribution in [0, 0.1) is 5.92 Å². The molecule has 0 N–H and O–H groups in total. The third-order valence-electron chi connectivity index (χ3n) is 1.55.